The Morgan fingerprint density at radius 3 is 1.60 bits per heavy atom. The summed E-state index contributed by atoms with van der Waals surface area (Å²) in [6, 6.07) is 17.5. The van der Waals surface area contributed by atoms with E-state index >= 15 is 0 Å². The molecule has 2 aliphatic heterocycles. The first kappa shape index (κ1) is 33.6. The van der Waals surface area contributed by atoms with Gasteiger partial charge in [0.2, 0.25) is 0 Å². The molecule has 2 fully saturated rings. The zero-order valence-corrected chi connectivity index (χ0v) is 27.6. The van der Waals surface area contributed by atoms with Gasteiger partial charge in [-0.1, -0.05) is 53.1 Å². The fourth-order valence-electron chi connectivity index (χ4n) is 4.85. The van der Waals surface area contributed by atoms with Gasteiger partial charge in [0.05, 0.1) is 21.3 Å². The van der Waals surface area contributed by atoms with E-state index < -0.39 is 73.5 Å². The summed E-state index contributed by atoms with van der Waals surface area (Å²) in [7, 11) is -13.5. The summed E-state index contributed by atoms with van der Waals surface area (Å²) in [5.74, 6) is -1.20. The molecule has 0 aliphatic carbocycles. The molecule has 0 aromatic heterocycles. The zero-order valence-electron chi connectivity index (χ0n) is 25.1. The Morgan fingerprint density at radius 1 is 0.667 bits per heavy atom. The SMILES string of the molecule is Cc1ccc(S(=O)(=O)OC[C@H](OS(=O)(=O)c2ccc(C)cc2)[C@@H]2O[C@H]3OC(C)(C)O[C@@H]3[C@H]2OS(=O)(=O)c2ccc(C)cc2)cc1. The van der Waals surface area contributed by atoms with E-state index in [2.05, 4.69) is 0 Å². The Morgan fingerprint density at radius 2 is 1.11 bits per heavy atom. The highest BCUT2D eigenvalue weighted by Gasteiger charge is 2.59. The lowest BCUT2D eigenvalue weighted by Gasteiger charge is -2.30. The first-order valence-corrected chi connectivity index (χ1v) is 18.2. The van der Waals surface area contributed by atoms with Crippen molar-refractivity contribution in [2.24, 2.45) is 0 Å². The summed E-state index contributed by atoms with van der Waals surface area (Å²) in [6.45, 7) is 7.62. The average molecular weight is 683 g/mol. The maximum Gasteiger partial charge on any atom is 0.297 e. The van der Waals surface area contributed by atoms with Crippen molar-refractivity contribution >= 4 is 30.4 Å². The summed E-state index contributed by atoms with van der Waals surface area (Å²) in [5.41, 5.74) is 2.41. The van der Waals surface area contributed by atoms with Crippen molar-refractivity contribution in [2.45, 2.75) is 85.8 Å². The first-order valence-electron chi connectivity index (χ1n) is 13.9. The van der Waals surface area contributed by atoms with Crippen LogP contribution >= 0.6 is 0 Å². The second-order valence-electron chi connectivity index (χ2n) is 11.4. The standard InChI is InChI=1S/C30H34O12S3/c1-19-6-12-22(13-7-19)43(31,32)37-18-25(41-44(33,34)23-14-8-20(2)9-15-23)26-27(28-29(38-26)40-30(4,5)39-28)42-45(35,36)24-16-10-21(3)11-17-24/h6-17,25-29H,18H2,1-5H3/t25-,26-,27-,28+,29-/m0/s1. The van der Waals surface area contributed by atoms with Gasteiger partial charge >= 0.3 is 0 Å². The van der Waals surface area contributed by atoms with E-state index in [4.69, 9.17) is 26.8 Å². The van der Waals surface area contributed by atoms with Crippen molar-refractivity contribution in [2.75, 3.05) is 6.61 Å². The van der Waals surface area contributed by atoms with Gasteiger partial charge in [-0.2, -0.15) is 25.3 Å². The molecule has 0 radical (unpaired) electrons. The Kier molecular flexibility index (Phi) is 9.32. The Labute approximate surface area is 263 Å². The van der Waals surface area contributed by atoms with Crippen LogP contribution in [0, 0.1) is 20.8 Å². The van der Waals surface area contributed by atoms with Crippen LogP contribution in [-0.4, -0.2) is 68.4 Å². The van der Waals surface area contributed by atoms with Gasteiger partial charge in [-0.3, -0.25) is 12.5 Å². The topological polar surface area (TPSA) is 158 Å². The lowest BCUT2D eigenvalue weighted by atomic mass is 10.1. The van der Waals surface area contributed by atoms with Crippen LogP contribution in [0.2, 0.25) is 0 Å². The molecule has 5 atom stereocenters. The third-order valence-corrected chi connectivity index (χ3v) is 11.2. The zero-order chi connectivity index (χ0) is 32.8. The molecule has 0 N–H and O–H groups in total. The van der Waals surface area contributed by atoms with Crippen molar-refractivity contribution in [3.63, 3.8) is 0 Å². The fourth-order valence-corrected chi connectivity index (χ4v) is 7.93. The van der Waals surface area contributed by atoms with Crippen molar-refractivity contribution < 1.29 is 52.0 Å². The van der Waals surface area contributed by atoms with E-state index in [1.54, 1.807) is 71.0 Å². The van der Waals surface area contributed by atoms with Gasteiger partial charge in [0, 0.05) is 0 Å². The Hall–Kier alpha value is -2.73. The third-order valence-electron chi connectivity index (χ3n) is 7.20. The second kappa shape index (κ2) is 12.5. The average Bonchev–Trinajstić information content (AvgIpc) is 3.43. The minimum absolute atomic E-state index is 0.170. The number of hydrogen-bond acceptors (Lipinski definition) is 12. The van der Waals surface area contributed by atoms with E-state index in [0.717, 1.165) is 16.7 Å². The molecule has 2 saturated heterocycles. The molecule has 0 amide bonds. The molecule has 0 spiro atoms. The second-order valence-corrected chi connectivity index (χ2v) is 16.1. The Balaban J connectivity index is 1.51. The van der Waals surface area contributed by atoms with E-state index in [9.17, 15) is 25.3 Å². The summed E-state index contributed by atoms with van der Waals surface area (Å²) in [5, 5.41) is 0. The van der Waals surface area contributed by atoms with E-state index in [-0.39, 0.29) is 14.7 Å². The summed E-state index contributed by atoms with van der Waals surface area (Å²) < 4.78 is 114. The van der Waals surface area contributed by atoms with Crippen LogP contribution < -0.4 is 0 Å². The number of rotatable bonds is 11. The number of fused-ring (bicyclic) bond motifs is 1. The molecular formula is C30H34O12S3. The number of benzene rings is 3. The highest BCUT2D eigenvalue weighted by molar-refractivity contribution is 7.87. The van der Waals surface area contributed by atoms with Gasteiger partial charge in [-0.15, -0.1) is 0 Å². The lowest BCUT2D eigenvalue weighted by Crippen LogP contribution is -2.47. The van der Waals surface area contributed by atoms with Crippen LogP contribution in [0.25, 0.3) is 0 Å². The summed E-state index contributed by atoms with van der Waals surface area (Å²) >= 11 is 0. The van der Waals surface area contributed by atoms with Gasteiger partial charge in [0.15, 0.2) is 12.1 Å². The molecule has 0 unspecified atom stereocenters. The molecule has 3 aromatic carbocycles. The smallest absolute Gasteiger partial charge is 0.297 e. The summed E-state index contributed by atoms with van der Waals surface area (Å²) in [4.78, 5) is -0.576. The maximum atomic E-state index is 13.4. The van der Waals surface area contributed by atoms with Gasteiger partial charge in [-0.05, 0) is 71.0 Å². The van der Waals surface area contributed by atoms with Crippen LogP contribution in [0.15, 0.2) is 87.5 Å². The van der Waals surface area contributed by atoms with Crippen LogP contribution in [0.4, 0.5) is 0 Å². The molecule has 45 heavy (non-hydrogen) atoms. The van der Waals surface area contributed by atoms with Crippen LogP contribution in [0.1, 0.15) is 30.5 Å². The van der Waals surface area contributed by atoms with Gasteiger partial charge < -0.3 is 14.2 Å². The maximum absolute atomic E-state index is 13.4. The van der Waals surface area contributed by atoms with Crippen molar-refractivity contribution in [3.8, 4) is 0 Å². The molecular weight excluding hydrogens is 649 g/mol. The molecule has 5 rings (SSSR count). The van der Waals surface area contributed by atoms with Crippen molar-refractivity contribution in [3.05, 3.63) is 89.5 Å². The molecule has 244 valence electrons. The van der Waals surface area contributed by atoms with E-state index in [1.807, 2.05) is 0 Å². The highest BCUT2D eigenvalue weighted by atomic mass is 32.2. The molecule has 15 heteroatoms. The monoisotopic (exact) mass is 682 g/mol. The third kappa shape index (κ3) is 7.64. The minimum atomic E-state index is -4.56. The van der Waals surface area contributed by atoms with Crippen LogP contribution in [-0.2, 0) is 57.1 Å². The lowest BCUT2D eigenvalue weighted by molar-refractivity contribution is -0.223. The Bertz CT molecular complexity index is 1840. The summed E-state index contributed by atoms with van der Waals surface area (Å²) in [6.07, 6.45) is -7.19. The van der Waals surface area contributed by atoms with Crippen molar-refractivity contribution in [1.82, 2.24) is 0 Å². The van der Waals surface area contributed by atoms with Gasteiger partial charge in [-0.25, -0.2) is 0 Å². The molecule has 0 bridgehead atoms. The molecule has 3 aromatic rings. The van der Waals surface area contributed by atoms with Crippen molar-refractivity contribution in [1.29, 1.82) is 0 Å². The largest absolute Gasteiger partial charge is 0.341 e. The molecule has 0 saturated carbocycles. The van der Waals surface area contributed by atoms with E-state index in [1.165, 1.54) is 36.4 Å². The fraction of sp³-hybridized carbons (Fsp3) is 0.400. The van der Waals surface area contributed by atoms with E-state index in [0.29, 0.717) is 0 Å². The quantitative estimate of drug-likeness (QED) is 0.270. The molecule has 12 nitrogen and oxygen atoms in total. The molecule has 2 aliphatic rings. The van der Waals surface area contributed by atoms with Gasteiger partial charge in [0.25, 0.3) is 30.4 Å². The normalized spacial score (nSPS) is 23.9. The number of ether oxygens (including phenoxy) is 3. The number of aryl methyl sites for hydroxylation is 3. The predicted octanol–water partition coefficient (Wildman–Crippen LogP) is 3.74. The molecule has 2 heterocycles. The highest BCUT2D eigenvalue weighted by Crippen LogP contribution is 2.42. The van der Waals surface area contributed by atoms with Gasteiger partial charge in [0.1, 0.15) is 24.4 Å². The predicted molar refractivity (Wildman–Crippen MR) is 159 cm³/mol. The van der Waals surface area contributed by atoms with Crippen LogP contribution in [0.3, 0.4) is 0 Å². The minimum Gasteiger partial charge on any atom is -0.341 e. The van der Waals surface area contributed by atoms with Crippen LogP contribution in [0.5, 0.6) is 0 Å². The first-order chi connectivity index (χ1) is 21.0. The number of hydrogen-bond donors (Lipinski definition) is 0.